The maximum absolute atomic E-state index is 12.2. The van der Waals surface area contributed by atoms with Crippen LogP contribution in [0.15, 0.2) is 36.6 Å². The Kier molecular flexibility index (Phi) is 6.47. The van der Waals surface area contributed by atoms with Crippen LogP contribution < -0.4 is 5.32 Å². The van der Waals surface area contributed by atoms with E-state index in [0.29, 0.717) is 12.2 Å². The SMILES string of the molecule is C=C(OC(C)(C)C)[C@H](Cc1ccc(C)cc1)NC(=O)OC(C)(C)C. The monoisotopic (exact) mass is 333 g/mol. The van der Waals surface area contributed by atoms with Crippen LogP contribution in [0.3, 0.4) is 0 Å². The minimum atomic E-state index is -0.551. The number of benzene rings is 1. The van der Waals surface area contributed by atoms with Gasteiger partial charge in [0, 0.05) is 0 Å². The van der Waals surface area contributed by atoms with Crippen molar-refractivity contribution < 1.29 is 14.3 Å². The van der Waals surface area contributed by atoms with Crippen LogP contribution in [0, 0.1) is 6.92 Å². The van der Waals surface area contributed by atoms with Gasteiger partial charge in [0.15, 0.2) is 0 Å². The Labute approximate surface area is 146 Å². The molecular formula is C20H31NO3. The zero-order chi connectivity index (χ0) is 18.5. The van der Waals surface area contributed by atoms with Crippen molar-refractivity contribution in [1.82, 2.24) is 5.32 Å². The number of alkyl carbamates (subject to hydrolysis) is 1. The molecule has 0 unspecified atom stereocenters. The van der Waals surface area contributed by atoms with Crippen LogP contribution in [0.5, 0.6) is 0 Å². The molecule has 0 saturated heterocycles. The molecule has 1 aromatic carbocycles. The Morgan fingerprint density at radius 2 is 1.54 bits per heavy atom. The van der Waals surface area contributed by atoms with Crippen molar-refractivity contribution in [3.05, 3.63) is 47.7 Å². The molecule has 0 spiro atoms. The van der Waals surface area contributed by atoms with E-state index < -0.39 is 11.7 Å². The lowest BCUT2D eigenvalue weighted by molar-refractivity contribution is 0.0298. The molecule has 134 valence electrons. The fourth-order valence-electron chi connectivity index (χ4n) is 2.12. The Hall–Kier alpha value is -1.97. The van der Waals surface area contributed by atoms with Crippen LogP contribution >= 0.6 is 0 Å². The van der Waals surface area contributed by atoms with Crippen molar-refractivity contribution in [2.75, 3.05) is 0 Å². The third-order valence-electron chi connectivity index (χ3n) is 3.08. The molecule has 0 bridgehead atoms. The fourth-order valence-corrected chi connectivity index (χ4v) is 2.12. The van der Waals surface area contributed by atoms with E-state index in [2.05, 4.69) is 11.9 Å². The minimum absolute atomic E-state index is 0.359. The van der Waals surface area contributed by atoms with E-state index in [-0.39, 0.29) is 11.6 Å². The smallest absolute Gasteiger partial charge is 0.408 e. The zero-order valence-corrected chi connectivity index (χ0v) is 16.0. The Balaban J connectivity index is 2.88. The van der Waals surface area contributed by atoms with E-state index in [1.165, 1.54) is 5.56 Å². The molecule has 0 fully saturated rings. The van der Waals surface area contributed by atoms with Crippen molar-refractivity contribution in [2.45, 2.75) is 72.1 Å². The van der Waals surface area contributed by atoms with E-state index in [1.807, 2.05) is 72.7 Å². The van der Waals surface area contributed by atoms with Crippen LogP contribution in [0.1, 0.15) is 52.7 Å². The third-order valence-corrected chi connectivity index (χ3v) is 3.08. The molecular weight excluding hydrogens is 302 g/mol. The van der Waals surface area contributed by atoms with Crippen molar-refractivity contribution >= 4 is 6.09 Å². The molecule has 4 nitrogen and oxygen atoms in total. The van der Waals surface area contributed by atoms with E-state index >= 15 is 0 Å². The number of carbonyl (C=O) groups is 1. The molecule has 0 aliphatic carbocycles. The van der Waals surface area contributed by atoms with Gasteiger partial charge in [0.05, 0.1) is 6.04 Å². The number of ether oxygens (including phenoxy) is 2. The number of hydrogen-bond donors (Lipinski definition) is 1. The van der Waals surface area contributed by atoms with Gasteiger partial charge >= 0.3 is 6.09 Å². The van der Waals surface area contributed by atoms with Crippen molar-refractivity contribution in [2.24, 2.45) is 0 Å². The highest BCUT2D eigenvalue weighted by atomic mass is 16.6. The largest absolute Gasteiger partial charge is 0.491 e. The first-order chi connectivity index (χ1) is 10.9. The summed E-state index contributed by atoms with van der Waals surface area (Å²) in [4.78, 5) is 12.2. The summed E-state index contributed by atoms with van der Waals surface area (Å²) in [6, 6.07) is 7.83. The van der Waals surface area contributed by atoms with Gasteiger partial charge < -0.3 is 14.8 Å². The molecule has 1 amide bonds. The van der Waals surface area contributed by atoms with Crippen LogP contribution in [-0.4, -0.2) is 23.3 Å². The summed E-state index contributed by atoms with van der Waals surface area (Å²) >= 11 is 0. The normalized spacial score (nSPS) is 13.1. The topological polar surface area (TPSA) is 47.6 Å². The van der Waals surface area contributed by atoms with Gasteiger partial charge in [-0.25, -0.2) is 4.79 Å². The molecule has 0 heterocycles. The second kappa shape index (κ2) is 7.73. The van der Waals surface area contributed by atoms with E-state index in [0.717, 1.165) is 5.56 Å². The number of carbonyl (C=O) groups excluding carboxylic acids is 1. The van der Waals surface area contributed by atoms with Gasteiger partial charge in [-0.1, -0.05) is 36.4 Å². The molecule has 0 saturated carbocycles. The molecule has 0 aromatic heterocycles. The highest BCUT2D eigenvalue weighted by Crippen LogP contribution is 2.19. The lowest BCUT2D eigenvalue weighted by atomic mass is 10.0. The summed E-state index contributed by atoms with van der Waals surface area (Å²) in [5.74, 6) is 0.522. The first-order valence-electron chi connectivity index (χ1n) is 8.28. The van der Waals surface area contributed by atoms with Gasteiger partial charge in [0.25, 0.3) is 0 Å². The van der Waals surface area contributed by atoms with Gasteiger partial charge in [-0.2, -0.15) is 0 Å². The van der Waals surface area contributed by atoms with Crippen LogP contribution in [0.25, 0.3) is 0 Å². The average molecular weight is 333 g/mol. The second-order valence-corrected chi connectivity index (χ2v) is 8.07. The van der Waals surface area contributed by atoms with Crippen LogP contribution in [0.4, 0.5) is 4.79 Å². The number of amides is 1. The number of nitrogens with one attached hydrogen (secondary N) is 1. The molecule has 1 atom stereocenters. The summed E-state index contributed by atoms with van der Waals surface area (Å²) < 4.78 is 11.2. The van der Waals surface area contributed by atoms with Gasteiger partial charge in [0.2, 0.25) is 0 Å². The first kappa shape index (κ1) is 20.1. The van der Waals surface area contributed by atoms with Crippen molar-refractivity contribution in [3.8, 4) is 0 Å². The maximum atomic E-state index is 12.2. The van der Waals surface area contributed by atoms with Crippen LogP contribution in [-0.2, 0) is 15.9 Å². The highest BCUT2D eigenvalue weighted by molar-refractivity contribution is 5.68. The van der Waals surface area contributed by atoms with Crippen LogP contribution in [0.2, 0.25) is 0 Å². The molecule has 24 heavy (non-hydrogen) atoms. The molecule has 1 N–H and O–H groups in total. The van der Waals surface area contributed by atoms with E-state index in [1.54, 1.807) is 0 Å². The van der Waals surface area contributed by atoms with E-state index in [4.69, 9.17) is 9.47 Å². The average Bonchev–Trinajstić information content (AvgIpc) is 2.36. The van der Waals surface area contributed by atoms with Gasteiger partial charge in [0.1, 0.15) is 17.0 Å². The second-order valence-electron chi connectivity index (χ2n) is 8.07. The molecule has 1 rings (SSSR count). The quantitative estimate of drug-likeness (QED) is 0.790. The lowest BCUT2D eigenvalue weighted by Gasteiger charge is -2.29. The third kappa shape index (κ3) is 8.04. The Morgan fingerprint density at radius 3 is 2.00 bits per heavy atom. The summed E-state index contributed by atoms with van der Waals surface area (Å²) in [7, 11) is 0. The number of hydrogen-bond acceptors (Lipinski definition) is 3. The molecule has 0 aliphatic heterocycles. The highest BCUT2D eigenvalue weighted by Gasteiger charge is 2.24. The minimum Gasteiger partial charge on any atom is -0.491 e. The summed E-state index contributed by atoms with van der Waals surface area (Å²) in [6.45, 7) is 17.4. The standard InChI is InChI=1S/C20H31NO3/c1-14-9-11-16(12-10-14)13-17(15(2)23-19(3,4)5)21-18(22)24-20(6,7)8/h9-12,17H,2,13H2,1,3-8H3,(H,21,22)/t17-/m0/s1. The predicted octanol–water partition coefficient (Wildman–Crippen LogP) is 4.76. The fraction of sp³-hybridized carbons (Fsp3) is 0.550. The number of aryl methyl sites for hydroxylation is 1. The predicted molar refractivity (Wildman–Crippen MR) is 98.0 cm³/mol. The Bertz CT molecular complexity index is 562. The summed E-state index contributed by atoms with van der Waals surface area (Å²) in [5, 5.41) is 2.87. The van der Waals surface area contributed by atoms with Gasteiger partial charge in [-0.15, -0.1) is 0 Å². The summed E-state index contributed by atoms with van der Waals surface area (Å²) in [6.07, 6.45) is 0.118. The maximum Gasteiger partial charge on any atom is 0.408 e. The number of rotatable bonds is 5. The van der Waals surface area contributed by atoms with Crippen molar-refractivity contribution in [3.63, 3.8) is 0 Å². The first-order valence-corrected chi connectivity index (χ1v) is 8.28. The zero-order valence-electron chi connectivity index (χ0n) is 16.0. The molecule has 0 aliphatic rings. The molecule has 0 radical (unpaired) electrons. The lowest BCUT2D eigenvalue weighted by Crippen LogP contribution is -2.42. The van der Waals surface area contributed by atoms with E-state index in [9.17, 15) is 4.79 Å². The molecule has 1 aromatic rings. The van der Waals surface area contributed by atoms with Gasteiger partial charge in [-0.3, -0.25) is 0 Å². The van der Waals surface area contributed by atoms with Gasteiger partial charge in [-0.05, 0) is 60.5 Å². The summed E-state index contributed by atoms with van der Waals surface area (Å²) in [5.41, 5.74) is 1.36. The van der Waals surface area contributed by atoms with Crippen molar-refractivity contribution in [1.29, 1.82) is 0 Å². The molecule has 4 heteroatoms. The Morgan fingerprint density at radius 1 is 1.04 bits per heavy atom.